The fraction of sp³-hybridized carbons (Fsp3) is 0.375. The topological polar surface area (TPSA) is 75.5 Å². The van der Waals surface area contributed by atoms with E-state index in [1.807, 2.05) is 0 Å². The first-order chi connectivity index (χ1) is 12.4. The van der Waals surface area contributed by atoms with Gasteiger partial charge in [0.2, 0.25) is 15.9 Å². The lowest BCUT2D eigenvalue weighted by Gasteiger charge is -2.34. The predicted molar refractivity (Wildman–Crippen MR) is 88.5 cm³/mol. The van der Waals surface area contributed by atoms with Crippen LogP contribution in [0.3, 0.4) is 0 Å². The molecule has 1 aliphatic rings. The van der Waals surface area contributed by atoms with E-state index in [4.69, 9.17) is 0 Å². The number of hydrogen-bond donors (Lipinski definition) is 0. The average molecular weight is 384 g/mol. The molecule has 1 aromatic carbocycles. The van der Waals surface area contributed by atoms with E-state index < -0.39 is 26.6 Å². The van der Waals surface area contributed by atoms with E-state index in [0.717, 1.165) is 16.4 Å². The quantitative estimate of drug-likeness (QED) is 0.773. The van der Waals surface area contributed by atoms with Crippen molar-refractivity contribution in [2.24, 2.45) is 0 Å². The Bertz CT molecular complexity index is 879. The molecule has 0 N–H and O–H groups in total. The highest BCUT2D eigenvalue weighted by molar-refractivity contribution is 7.89. The molecule has 1 amide bonds. The summed E-state index contributed by atoms with van der Waals surface area (Å²) in [6, 6.07) is 4.14. The fourth-order valence-corrected chi connectivity index (χ4v) is 4.27. The number of aryl methyl sites for hydroxylation is 1. The zero-order valence-electron chi connectivity index (χ0n) is 13.9. The molecule has 10 heteroatoms. The van der Waals surface area contributed by atoms with Crippen molar-refractivity contribution >= 4 is 15.9 Å². The molecule has 0 bridgehead atoms. The SMILES string of the molecule is O=C(CCn1cccn1)N1CCN(S(=O)(=O)c2ccc(F)cc2F)CC1. The third-order valence-electron chi connectivity index (χ3n) is 4.22. The Balaban J connectivity index is 1.59. The third kappa shape index (κ3) is 3.91. The van der Waals surface area contributed by atoms with Crippen LogP contribution in [0.5, 0.6) is 0 Å². The Morgan fingerprint density at radius 3 is 2.50 bits per heavy atom. The fourth-order valence-electron chi connectivity index (χ4n) is 2.80. The van der Waals surface area contributed by atoms with Crippen LogP contribution in [0.25, 0.3) is 0 Å². The Kier molecular flexibility index (Phi) is 5.33. The molecule has 140 valence electrons. The van der Waals surface area contributed by atoms with Crippen molar-refractivity contribution in [2.75, 3.05) is 26.2 Å². The molecule has 0 saturated carbocycles. The second kappa shape index (κ2) is 7.50. The predicted octanol–water partition coefficient (Wildman–Crippen LogP) is 1.08. The molecule has 0 unspecified atom stereocenters. The van der Waals surface area contributed by atoms with Gasteiger partial charge in [-0.1, -0.05) is 0 Å². The van der Waals surface area contributed by atoms with Gasteiger partial charge in [-0.3, -0.25) is 9.48 Å². The molecule has 1 aromatic heterocycles. The molecule has 1 saturated heterocycles. The van der Waals surface area contributed by atoms with Gasteiger partial charge in [0, 0.05) is 57.6 Å². The Morgan fingerprint density at radius 1 is 1.15 bits per heavy atom. The van der Waals surface area contributed by atoms with Gasteiger partial charge in [0.25, 0.3) is 0 Å². The monoisotopic (exact) mass is 384 g/mol. The van der Waals surface area contributed by atoms with Crippen molar-refractivity contribution in [3.8, 4) is 0 Å². The average Bonchev–Trinajstić information content (AvgIpc) is 3.13. The van der Waals surface area contributed by atoms with Gasteiger partial charge in [0.15, 0.2) is 0 Å². The van der Waals surface area contributed by atoms with Crippen molar-refractivity contribution in [3.05, 3.63) is 48.3 Å². The van der Waals surface area contributed by atoms with Crippen LogP contribution in [0, 0.1) is 11.6 Å². The molecule has 1 aliphatic heterocycles. The lowest BCUT2D eigenvalue weighted by atomic mass is 10.3. The lowest BCUT2D eigenvalue weighted by molar-refractivity contribution is -0.132. The van der Waals surface area contributed by atoms with Gasteiger partial charge < -0.3 is 4.90 Å². The Hall–Kier alpha value is -2.33. The summed E-state index contributed by atoms with van der Waals surface area (Å²) in [7, 11) is -4.07. The summed E-state index contributed by atoms with van der Waals surface area (Å²) in [5.74, 6) is -2.05. The molecule has 2 aromatic rings. The third-order valence-corrected chi connectivity index (χ3v) is 6.15. The summed E-state index contributed by atoms with van der Waals surface area (Å²) >= 11 is 0. The van der Waals surface area contributed by atoms with E-state index in [-0.39, 0.29) is 38.5 Å². The second-order valence-corrected chi connectivity index (χ2v) is 7.79. The van der Waals surface area contributed by atoms with Crippen molar-refractivity contribution in [2.45, 2.75) is 17.9 Å². The summed E-state index contributed by atoms with van der Waals surface area (Å²) in [6.07, 6.45) is 3.65. The van der Waals surface area contributed by atoms with E-state index in [0.29, 0.717) is 12.6 Å². The van der Waals surface area contributed by atoms with Crippen LogP contribution in [-0.2, 0) is 21.4 Å². The first-order valence-electron chi connectivity index (χ1n) is 8.08. The minimum atomic E-state index is -4.07. The normalized spacial score (nSPS) is 16.0. The largest absolute Gasteiger partial charge is 0.340 e. The standard InChI is InChI=1S/C16H18F2N4O3S/c17-13-2-3-15(14(18)12-13)26(24,25)22-10-8-20(9-11-22)16(23)4-7-21-6-1-5-19-21/h1-3,5-6,12H,4,7-11H2. The number of sulfonamides is 1. The number of carbonyl (C=O) groups is 1. The van der Waals surface area contributed by atoms with Gasteiger partial charge in [0.05, 0.1) is 0 Å². The number of hydrogen-bond acceptors (Lipinski definition) is 4. The molecule has 1 fully saturated rings. The summed E-state index contributed by atoms with van der Waals surface area (Å²) in [4.78, 5) is 13.2. The van der Waals surface area contributed by atoms with Crippen LogP contribution in [0.15, 0.2) is 41.6 Å². The van der Waals surface area contributed by atoms with Gasteiger partial charge in [-0.05, 0) is 18.2 Å². The maximum Gasteiger partial charge on any atom is 0.246 e. The van der Waals surface area contributed by atoms with Crippen LogP contribution < -0.4 is 0 Å². The first kappa shape index (κ1) is 18.5. The number of amides is 1. The van der Waals surface area contributed by atoms with Crippen molar-refractivity contribution in [1.29, 1.82) is 0 Å². The molecular formula is C16H18F2N4O3S. The van der Waals surface area contributed by atoms with E-state index in [9.17, 15) is 22.0 Å². The minimum absolute atomic E-state index is 0.0622. The van der Waals surface area contributed by atoms with E-state index >= 15 is 0 Å². The zero-order chi connectivity index (χ0) is 18.7. The maximum atomic E-state index is 13.8. The Labute approximate surface area is 149 Å². The number of halogens is 2. The lowest BCUT2D eigenvalue weighted by Crippen LogP contribution is -2.50. The highest BCUT2D eigenvalue weighted by Crippen LogP contribution is 2.21. The van der Waals surface area contributed by atoms with Crippen LogP contribution >= 0.6 is 0 Å². The smallest absolute Gasteiger partial charge is 0.246 e. The first-order valence-corrected chi connectivity index (χ1v) is 9.52. The molecule has 0 spiro atoms. The number of piperazine rings is 1. The minimum Gasteiger partial charge on any atom is -0.340 e. The summed E-state index contributed by atoms with van der Waals surface area (Å²) < 4.78 is 54.6. The van der Waals surface area contributed by atoms with Crippen LogP contribution in [-0.4, -0.2) is 59.5 Å². The number of aromatic nitrogens is 2. The van der Waals surface area contributed by atoms with E-state index in [1.54, 1.807) is 28.0 Å². The van der Waals surface area contributed by atoms with Gasteiger partial charge in [-0.2, -0.15) is 9.40 Å². The Morgan fingerprint density at radius 2 is 1.88 bits per heavy atom. The van der Waals surface area contributed by atoms with E-state index in [2.05, 4.69) is 5.10 Å². The van der Waals surface area contributed by atoms with Crippen LogP contribution in [0.1, 0.15) is 6.42 Å². The molecule has 0 atom stereocenters. The number of carbonyl (C=O) groups excluding carboxylic acids is 1. The van der Waals surface area contributed by atoms with Crippen molar-refractivity contribution < 1.29 is 22.0 Å². The number of rotatable bonds is 5. The van der Waals surface area contributed by atoms with E-state index in [1.165, 1.54) is 0 Å². The molecule has 3 rings (SSSR count). The number of benzene rings is 1. The molecule has 2 heterocycles. The molecule has 0 aliphatic carbocycles. The van der Waals surface area contributed by atoms with Crippen LogP contribution in [0.2, 0.25) is 0 Å². The highest BCUT2D eigenvalue weighted by atomic mass is 32.2. The highest BCUT2D eigenvalue weighted by Gasteiger charge is 2.31. The van der Waals surface area contributed by atoms with Gasteiger partial charge in [0.1, 0.15) is 16.5 Å². The summed E-state index contributed by atoms with van der Waals surface area (Å²) in [5.41, 5.74) is 0. The molecule has 26 heavy (non-hydrogen) atoms. The van der Waals surface area contributed by atoms with Crippen LogP contribution in [0.4, 0.5) is 8.78 Å². The van der Waals surface area contributed by atoms with Gasteiger partial charge in [-0.25, -0.2) is 17.2 Å². The number of nitrogens with zero attached hydrogens (tertiary/aromatic N) is 4. The summed E-state index contributed by atoms with van der Waals surface area (Å²) in [6.45, 7) is 1.02. The zero-order valence-corrected chi connectivity index (χ0v) is 14.7. The molecular weight excluding hydrogens is 366 g/mol. The van der Waals surface area contributed by atoms with Crippen molar-refractivity contribution in [3.63, 3.8) is 0 Å². The second-order valence-electron chi connectivity index (χ2n) is 5.88. The molecule has 0 radical (unpaired) electrons. The maximum absolute atomic E-state index is 13.8. The van der Waals surface area contributed by atoms with Crippen molar-refractivity contribution in [1.82, 2.24) is 19.0 Å². The van der Waals surface area contributed by atoms with Gasteiger partial charge in [-0.15, -0.1) is 0 Å². The summed E-state index contributed by atoms with van der Waals surface area (Å²) in [5, 5.41) is 4.02. The molecule has 7 nitrogen and oxygen atoms in total. The van der Waals surface area contributed by atoms with Gasteiger partial charge >= 0.3 is 0 Å².